The minimum absolute atomic E-state index is 0.122. The van der Waals surface area contributed by atoms with Crippen LogP contribution < -0.4 is 5.32 Å². The summed E-state index contributed by atoms with van der Waals surface area (Å²) in [6.07, 6.45) is 0. The van der Waals surface area contributed by atoms with Gasteiger partial charge in [0.1, 0.15) is 0 Å². The van der Waals surface area contributed by atoms with Gasteiger partial charge in [-0.15, -0.1) is 12.6 Å². The largest absolute Gasteiger partial charge is 0.348 e. The van der Waals surface area contributed by atoms with Crippen LogP contribution in [0.15, 0.2) is 47.4 Å². The van der Waals surface area contributed by atoms with Crippen LogP contribution in [0.4, 0.5) is 0 Å². The van der Waals surface area contributed by atoms with Crippen LogP contribution in [-0.2, 0) is 6.54 Å². The lowest BCUT2D eigenvalue weighted by Gasteiger charge is -2.08. The van der Waals surface area contributed by atoms with Crippen LogP contribution in [0.25, 0.3) is 0 Å². The third kappa shape index (κ3) is 3.40. The molecule has 0 bridgehead atoms. The van der Waals surface area contributed by atoms with Crippen LogP contribution in [0.3, 0.4) is 0 Å². The molecule has 0 aliphatic carbocycles. The highest BCUT2D eigenvalue weighted by Gasteiger charge is 2.08. The highest BCUT2D eigenvalue weighted by Crippen LogP contribution is 2.14. The first-order valence-corrected chi connectivity index (χ1v) is 6.62. The van der Waals surface area contributed by atoms with Crippen LogP contribution in [0.5, 0.6) is 0 Å². The summed E-state index contributed by atoms with van der Waals surface area (Å²) in [5.41, 5.74) is 3.11. The predicted octanol–water partition coefficient (Wildman–Crippen LogP) is 3.09. The molecule has 2 aromatic carbocycles. The molecule has 1 amide bonds. The maximum atomic E-state index is 12.1. The van der Waals surface area contributed by atoms with Gasteiger partial charge in [-0.05, 0) is 42.3 Å². The smallest absolute Gasteiger partial charge is 0.251 e. The van der Waals surface area contributed by atoms with E-state index in [2.05, 4.69) is 24.0 Å². The van der Waals surface area contributed by atoms with Crippen molar-refractivity contribution in [2.45, 2.75) is 18.4 Å². The van der Waals surface area contributed by atoms with Crippen molar-refractivity contribution in [1.29, 1.82) is 5.26 Å². The topological polar surface area (TPSA) is 52.9 Å². The third-order valence-corrected chi connectivity index (χ3v) is 3.28. The monoisotopic (exact) mass is 282 g/mol. The normalized spacial score (nSPS) is 9.85. The molecule has 2 rings (SSSR count). The van der Waals surface area contributed by atoms with Gasteiger partial charge in [-0.2, -0.15) is 5.26 Å². The second-order valence-electron chi connectivity index (χ2n) is 4.49. The number of hydrogen-bond acceptors (Lipinski definition) is 3. The van der Waals surface area contributed by atoms with Crippen molar-refractivity contribution in [3.05, 3.63) is 64.7 Å². The lowest BCUT2D eigenvalue weighted by molar-refractivity contribution is 0.0950. The summed E-state index contributed by atoms with van der Waals surface area (Å²) in [5.74, 6) is -0.122. The van der Waals surface area contributed by atoms with Crippen molar-refractivity contribution in [1.82, 2.24) is 5.32 Å². The molecule has 0 spiro atoms. The van der Waals surface area contributed by atoms with E-state index in [9.17, 15) is 4.79 Å². The second kappa shape index (κ2) is 6.27. The zero-order valence-corrected chi connectivity index (χ0v) is 11.9. The Hall–Kier alpha value is -2.25. The molecule has 0 radical (unpaired) electrons. The molecular weight excluding hydrogens is 268 g/mol. The Balaban J connectivity index is 2.04. The molecule has 2 aromatic rings. The van der Waals surface area contributed by atoms with E-state index >= 15 is 0 Å². The number of amides is 1. The highest BCUT2D eigenvalue weighted by atomic mass is 32.1. The molecule has 0 heterocycles. The lowest BCUT2D eigenvalue weighted by Crippen LogP contribution is -2.23. The fraction of sp³-hybridized carbons (Fsp3) is 0.125. The first kappa shape index (κ1) is 14.2. The average molecular weight is 282 g/mol. The quantitative estimate of drug-likeness (QED) is 0.850. The maximum Gasteiger partial charge on any atom is 0.251 e. The van der Waals surface area contributed by atoms with E-state index in [-0.39, 0.29) is 5.91 Å². The fourth-order valence-electron chi connectivity index (χ4n) is 1.83. The minimum Gasteiger partial charge on any atom is -0.348 e. The molecule has 0 fully saturated rings. The molecular formula is C16H14N2OS. The van der Waals surface area contributed by atoms with Crippen molar-refractivity contribution >= 4 is 18.5 Å². The van der Waals surface area contributed by atoms with Gasteiger partial charge < -0.3 is 5.32 Å². The van der Waals surface area contributed by atoms with E-state index in [0.717, 1.165) is 16.0 Å². The van der Waals surface area contributed by atoms with Crippen LogP contribution in [-0.4, -0.2) is 5.91 Å². The Labute approximate surface area is 123 Å². The summed E-state index contributed by atoms with van der Waals surface area (Å²) >= 11 is 4.25. The number of thiol groups is 1. The van der Waals surface area contributed by atoms with E-state index < -0.39 is 0 Å². The van der Waals surface area contributed by atoms with Gasteiger partial charge in [0.2, 0.25) is 0 Å². The second-order valence-corrected chi connectivity index (χ2v) is 5.01. The van der Waals surface area contributed by atoms with Crippen LogP contribution >= 0.6 is 12.6 Å². The number of aryl methyl sites for hydroxylation is 1. The summed E-state index contributed by atoms with van der Waals surface area (Å²) in [6.45, 7) is 2.32. The van der Waals surface area contributed by atoms with E-state index in [1.54, 1.807) is 18.2 Å². The molecule has 0 unspecified atom stereocenters. The SMILES string of the molecule is Cc1ccc(S)cc1C(=O)NCc1ccc(C#N)cc1. The molecule has 0 saturated heterocycles. The third-order valence-electron chi connectivity index (χ3n) is 3.00. The van der Waals surface area contributed by atoms with Crippen molar-refractivity contribution in [3.63, 3.8) is 0 Å². The molecule has 20 heavy (non-hydrogen) atoms. The summed E-state index contributed by atoms with van der Waals surface area (Å²) < 4.78 is 0. The summed E-state index contributed by atoms with van der Waals surface area (Å²) in [5, 5.41) is 11.6. The Morgan fingerprint density at radius 1 is 1.25 bits per heavy atom. The van der Waals surface area contributed by atoms with E-state index in [1.807, 2.05) is 31.2 Å². The Morgan fingerprint density at radius 2 is 1.95 bits per heavy atom. The zero-order chi connectivity index (χ0) is 14.5. The van der Waals surface area contributed by atoms with Gasteiger partial charge in [0.25, 0.3) is 5.91 Å². The Morgan fingerprint density at radius 3 is 2.60 bits per heavy atom. The Bertz CT molecular complexity index is 672. The first-order valence-electron chi connectivity index (χ1n) is 6.17. The minimum atomic E-state index is -0.122. The Kier molecular flexibility index (Phi) is 4.44. The van der Waals surface area contributed by atoms with Crippen LogP contribution in [0, 0.1) is 18.3 Å². The molecule has 0 atom stereocenters. The molecule has 1 N–H and O–H groups in total. The molecule has 100 valence electrons. The van der Waals surface area contributed by atoms with Gasteiger partial charge in [-0.25, -0.2) is 0 Å². The molecule has 0 aliphatic rings. The number of carbonyl (C=O) groups excluding carboxylic acids is 1. The van der Waals surface area contributed by atoms with E-state index in [0.29, 0.717) is 17.7 Å². The fourth-order valence-corrected chi connectivity index (χ4v) is 2.03. The molecule has 0 aromatic heterocycles. The number of benzene rings is 2. The molecule has 4 heteroatoms. The van der Waals surface area contributed by atoms with Gasteiger partial charge in [0.05, 0.1) is 11.6 Å². The molecule has 0 aliphatic heterocycles. The van der Waals surface area contributed by atoms with Crippen molar-refractivity contribution < 1.29 is 4.79 Å². The van der Waals surface area contributed by atoms with Crippen LogP contribution in [0.2, 0.25) is 0 Å². The summed E-state index contributed by atoms with van der Waals surface area (Å²) in [4.78, 5) is 12.9. The van der Waals surface area contributed by atoms with E-state index in [4.69, 9.17) is 5.26 Å². The summed E-state index contributed by atoms with van der Waals surface area (Å²) in [6, 6.07) is 14.7. The van der Waals surface area contributed by atoms with Gasteiger partial charge in [-0.3, -0.25) is 4.79 Å². The first-order chi connectivity index (χ1) is 9.60. The highest BCUT2D eigenvalue weighted by molar-refractivity contribution is 7.80. The van der Waals surface area contributed by atoms with Crippen molar-refractivity contribution in [2.75, 3.05) is 0 Å². The van der Waals surface area contributed by atoms with Gasteiger partial charge in [-0.1, -0.05) is 18.2 Å². The molecule has 3 nitrogen and oxygen atoms in total. The van der Waals surface area contributed by atoms with E-state index in [1.165, 1.54) is 0 Å². The van der Waals surface area contributed by atoms with Gasteiger partial charge in [0.15, 0.2) is 0 Å². The number of nitriles is 1. The number of rotatable bonds is 3. The number of carbonyl (C=O) groups is 1. The lowest BCUT2D eigenvalue weighted by atomic mass is 10.1. The standard InChI is InChI=1S/C16H14N2OS/c1-11-2-7-14(20)8-15(11)16(19)18-10-13-5-3-12(9-17)4-6-13/h2-8,20H,10H2,1H3,(H,18,19). The zero-order valence-electron chi connectivity index (χ0n) is 11.1. The molecule has 0 saturated carbocycles. The van der Waals surface area contributed by atoms with Crippen molar-refractivity contribution in [2.24, 2.45) is 0 Å². The maximum absolute atomic E-state index is 12.1. The number of hydrogen-bond donors (Lipinski definition) is 2. The average Bonchev–Trinajstić information content (AvgIpc) is 2.47. The van der Waals surface area contributed by atoms with Gasteiger partial charge >= 0.3 is 0 Å². The number of nitrogens with one attached hydrogen (secondary N) is 1. The van der Waals surface area contributed by atoms with Crippen LogP contribution in [0.1, 0.15) is 27.0 Å². The number of nitrogens with zero attached hydrogens (tertiary/aromatic N) is 1. The van der Waals surface area contributed by atoms with Crippen molar-refractivity contribution in [3.8, 4) is 6.07 Å². The van der Waals surface area contributed by atoms with Gasteiger partial charge in [0, 0.05) is 17.0 Å². The summed E-state index contributed by atoms with van der Waals surface area (Å²) in [7, 11) is 0. The predicted molar refractivity (Wildman–Crippen MR) is 80.8 cm³/mol.